The van der Waals surface area contributed by atoms with Crippen molar-refractivity contribution in [1.82, 2.24) is 5.32 Å². The van der Waals surface area contributed by atoms with E-state index in [0.29, 0.717) is 0 Å². The Hall–Kier alpha value is -0.110. The summed E-state index contributed by atoms with van der Waals surface area (Å²) in [5.74, 6) is 0. The number of alkyl halides is 1. The topological polar surface area (TPSA) is 12.0 Å². The Morgan fingerprint density at radius 3 is 2.64 bits per heavy atom. The van der Waals surface area contributed by atoms with Crippen molar-refractivity contribution in [1.29, 1.82) is 0 Å². The van der Waals surface area contributed by atoms with Crippen LogP contribution in [0.25, 0.3) is 0 Å². The van der Waals surface area contributed by atoms with Gasteiger partial charge in [-0.2, -0.15) is 0 Å². The van der Waals surface area contributed by atoms with Crippen LogP contribution in [0.15, 0.2) is 0 Å². The highest BCUT2D eigenvalue weighted by atomic mass is 19.1. The Balaban J connectivity index is 1.87. The fourth-order valence-corrected chi connectivity index (χ4v) is 1.35. The van der Waals surface area contributed by atoms with Gasteiger partial charge in [-0.3, -0.25) is 0 Å². The first-order valence-electron chi connectivity index (χ1n) is 4.72. The lowest BCUT2D eigenvalue weighted by Crippen LogP contribution is -2.45. The van der Waals surface area contributed by atoms with E-state index in [9.17, 15) is 4.39 Å². The summed E-state index contributed by atoms with van der Waals surface area (Å²) in [7, 11) is 0. The lowest BCUT2D eigenvalue weighted by molar-refractivity contribution is 0.142. The minimum atomic E-state index is -0.559. The van der Waals surface area contributed by atoms with Gasteiger partial charge in [-0.15, -0.1) is 0 Å². The second-order valence-electron chi connectivity index (χ2n) is 3.36. The first-order valence-corrected chi connectivity index (χ1v) is 4.72. The summed E-state index contributed by atoms with van der Waals surface area (Å²) in [6, 6.07) is 0.187. The molecule has 0 aromatic rings. The van der Waals surface area contributed by atoms with E-state index in [1.165, 1.54) is 19.3 Å². The van der Waals surface area contributed by atoms with Gasteiger partial charge in [0.25, 0.3) is 0 Å². The molecule has 2 unspecified atom stereocenters. The summed E-state index contributed by atoms with van der Waals surface area (Å²) in [5.41, 5.74) is 0. The number of unbranched alkanes of at least 4 members (excludes halogenated alkanes) is 2. The van der Waals surface area contributed by atoms with Crippen molar-refractivity contribution in [3.05, 3.63) is 0 Å². The summed E-state index contributed by atoms with van der Waals surface area (Å²) < 4.78 is 12.6. The normalized spacial score (nSPS) is 30.0. The molecular formula is C9H18FN. The van der Waals surface area contributed by atoms with Crippen LogP contribution in [0.2, 0.25) is 0 Å². The zero-order chi connectivity index (χ0) is 8.10. The van der Waals surface area contributed by atoms with Gasteiger partial charge in [0, 0.05) is 6.04 Å². The molecule has 0 radical (unpaired) electrons. The van der Waals surface area contributed by atoms with Gasteiger partial charge < -0.3 is 5.32 Å². The van der Waals surface area contributed by atoms with Gasteiger partial charge in [-0.05, 0) is 25.8 Å². The Bertz CT molecular complexity index is 106. The lowest BCUT2D eigenvalue weighted by atomic mass is 9.90. The van der Waals surface area contributed by atoms with Crippen molar-refractivity contribution < 1.29 is 4.39 Å². The molecule has 0 bridgehead atoms. The third-order valence-electron chi connectivity index (χ3n) is 2.38. The van der Waals surface area contributed by atoms with Gasteiger partial charge in [-0.25, -0.2) is 4.39 Å². The van der Waals surface area contributed by atoms with E-state index in [4.69, 9.17) is 0 Å². The van der Waals surface area contributed by atoms with Crippen LogP contribution in [-0.4, -0.2) is 18.8 Å². The second kappa shape index (κ2) is 4.70. The monoisotopic (exact) mass is 159 g/mol. The summed E-state index contributed by atoms with van der Waals surface area (Å²) >= 11 is 0. The van der Waals surface area contributed by atoms with Crippen molar-refractivity contribution in [2.75, 3.05) is 6.54 Å². The predicted octanol–water partition coefficient (Wildman–Crippen LogP) is 2.27. The SMILES string of the molecule is CCCCCNC1CCC1F. The van der Waals surface area contributed by atoms with Gasteiger partial charge in [0.15, 0.2) is 0 Å². The highest BCUT2D eigenvalue weighted by Gasteiger charge is 2.29. The molecule has 0 heterocycles. The van der Waals surface area contributed by atoms with Crippen LogP contribution in [0, 0.1) is 0 Å². The Labute approximate surface area is 68.4 Å². The van der Waals surface area contributed by atoms with Crippen molar-refractivity contribution in [2.45, 2.75) is 51.2 Å². The molecule has 0 aliphatic heterocycles. The van der Waals surface area contributed by atoms with Gasteiger partial charge >= 0.3 is 0 Å². The highest BCUT2D eigenvalue weighted by Crippen LogP contribution is 2.22. The van der Waals surface area contributed by atoms with Crippen LogP contribution >= 0.6 is 0 Å². The van der Waals surface area contributed by atoms with E-state index in [-0.39, 0.29) is 6.04 Å². The number of rotatable bonds is 5. The zero-order valence-electron chi connectivity index (χ0n) is 7.28. The van der Waals surface area contributed by atoms with Crippen LogP contribution in [-0.2, 0) is 0 Å². The van der Waals surface area contributed by atoms with Crippen LogP contribution in [0.1, 0.15) is 39.0 Å². The average molecular weight is 159 g/mol. The molecule has 0 spiro atoms. The molecule has 1 nitrogen and oxygen atoms in total. The number of halogens is 1. The van der Waals surface area contributed by atoms with E-state index in [1.54, 1.807) is 0 Å². The first-order chi connectivity index (χ1) is 5.34. The molecule has 11 heavy (non-hydrogen) atoms. The molecule has 1 fully saturated rings. The molecule has 66 valence electrons. The van der Waals surface area contributed by atoms with Crippen molar-refractivity contribution in [3.8, 4) is 0 Å². The number of nitrogens with one attached hydrogen (secondary N) is 1. The fourth-order valence-electron chi connectivity index (χ4n) is 1.35. The molecule has 2 heteroatoms. The maximum Gasteiger partial charge on any atom is 0.115 e. The maximum atomic E-state index is 12.6. The van der Waals surface area contributed by atoms with E-state index in [0.717, 1.165) is 19.4 Å². The van der Waals surface area contributed by atoms with Gasteiger partial charge in [0.1, 0.15) is 6.17 Å². The molecule has 0 saturated heterocycles. The lowest BCUT2D eigenvalue weighted by Gasteiger charge is -2.31. The second-order valence-corrected chi connectivity index (χ2v) is 3.36. The molecule has 1 rings (SSSR count). The third-order valence-corrected chi connectivity index (χ3v) is 2.38. The van der Waals surface area contributed by atoms with Crippen LogP contribution in [0.4, 0.5) is 4.39 Å². The summed E-state index contributed by atoms with van der Waals surface area (Å²) in [5, 5.41) is 3.23. The molecule has 1 saturated carbocycles. The molecule has 2 atom stereocenters. The van der Waals surface area contributed by atoms with Crippen LogP contribution in [0.3, 0.4) is 0 Å². The molecule has 0 amide bonds. The molecule has 0 aromatic carbocycles. The highest BCUT2D eigenvalue weighted by molar-refractivity contribution is 4.86. The van der Waals surface area contributed by atoms with Crippen molar-refractivity contribution in [3.63, 3.8) is 0 Å². The molecule has 1 N–H and O–H groups in total. The minimum absolute atomic E-state index is 0.187. The molecule has 1 aliphatic rings. The van der Waals surface area contributed by atoms with Crippen molar-refractivity contribution >= 4 is 0 Å². The number of hydrogen-bond donors (Lipinski definition) is 1. The maximum absolute atomic E-state index is 12.6. The molecular weight excluding hydrogens is 141 g/mol. The molecule has 1 aliphatic carbocycles. The predicted molar refractivity (Wildman–Crippen MR) is 45.4 cm³/mol. The summed E-state index contributed by atoms with van der Waals surface area (Å²) in [4.78, 5) is 0. The molecule has 0 aromatic heterocycles. The van der Waals surface area contributed by atoms with Gasteiger partial charge in [0.05, 0.1) is 0 Å². The van der Waals surface area contributed by atoms with Crippen LogP contribution < -0.4 is 5.32 Å². The van der Waals surface area contributed by atoms with E-state index < -0.39 is 6.17 Å². The van der Waals surface area contributed by atoms with E-state index >= 15 is 0 Å². The standard InChI is InChI=1S/C9H18FN/c1-2-3-4-7-11-9-6-5-8(9)10/h8-9,11H,2-7H2,1H3. The Morgan fingerprint density at radius 1 is 1.36 bits per heavy atom. The summed E-state index contributed by atoms with van der Waals surface area (Å²) in [6.45, 7) is 3.18. The average Bonchev–Trinajstić information content (AvgIpc) is 2.02. The Morgan fingerprint density at radius 2 is 2.18 bits per heavy atom. The third kappa shape index (κ3) is 2.78. The van der Waals surface area contributed by atoms with Crippen molar-refractivity contribution in [2.24, 2.45) is 0 Å². The smallest absolute Gasteiger partial charge is 0.115 e. The van der Waals surface area contributed by atoms with Crippen LogP contribution in [0.5, 0.6) is 0 Å². The van der Waals surface area contributed by atoms with E-state index in [2.05, 4.69) is 12.2 Å². The van der Waals surface area contributed by atoms with Gasteiger partial charge in [-0.1, -0.05) is 19.8 Å². The van der Waals surface area contributed by atoms with E-state index in [1.807, 2.05) is 0 Å². The van der Waals surface area contributed by atoms with Gasteiger partial charge in [0.2, 0.25) is 0 Å². The number of hydrogen-bond acceptors (Lipinski definition) is 1. The first kappa shape index (κ1) is 8.98. The fraction of sp³-hybridized carbons (Fsp3) is 1.00. The zero-order valence-corrected chi connectivity index (χ0v) is 7.28. The largest absolute Gasteiger partial charge is 0.311 e. The minimum Gasteiger partial charge on any atom is -0.311 e. The quantitative estimate of drug-likeness (QED) is 0.607. The summed E-state index contributed by atoms with van der Waals surface area (Å²) in [6.07, 6.45) is 4.94. The Kier molecular flexibility index (Phi) is 3.84.